The molecule has 1 heterocycles. The van der Waals surface area contributed by atoms with Gasteiger partial charge in [0.05, 0.1) is 6.61 Å². The molecule has 2 rings (SSSR count). The molecule has 1 aliphatic heterocycles. The average Bonchev–Trinajstić information content (AvgIpc) is 2.79. The zero-order chi connectivity index (χ0) is 15.3. The minimum Gasteiger partial charge on any atom is -0.465 e. The molecule has 0 aliphatic carbocycles. The van der Waals surface area contributed by atoms with Crippen molar-refractivity contribution in [3.8, 4) is 11.5 Å². The van der Waals surface area contributed by atoms with E-state index >= 15 is 0 Å². The number of ether oxygens (including phenoxy) is 1. The number of hydrogen-bond donors (Lipinski definition) is 1. The van der Waals surface area contributed by atoms with Crippen molar-refractivity contribution in [2.75, 3.05) is 18.6 Å². The second-order valence-electron chi connectivity index (χ2n) is 4.34. The molecule has 1 N–H and O–H groups in total. The largest absolute Gasteiger partial charge is 0.513 e. The van der Waals surface area contributed by atoms with Crippen LogP contribution >= 0.6 is 19.5 Å². The molecular formula is C13H18NO5PS. The maximum Gasteiger partial charge on any atom is 0.513 e. The van der Waals surface area contributed by atoms with Crippen LogP contribution in [0.4, 0.5) is 0 Å². The highest BCUT2D eigenvalue weighted by Crippen LogP contribution is 2.55. The van der Waals surface area contributed by atoms with Crippen LogP contribution in [0.1, 0.15) is 13.3 Å². The fourth-order valence-corrected chi connectivity index (χ4v) is 3.89. The number of carbonyl (C=O) groups excluding carboxylic acids is 1. The van der Waals surface area contributed by atoms with Crippen molar-refractivity contribution in [1.82, 2.24) is 5.09 Å². The Morgan fingerprint density at radius 1 is 1.38 bits per heavy atom. The highest BCUT2D eigenvalue weighted by Gasteiger charge is 2.40. The van der Waals surface area contributed by atoms with Crippen LogP contribution in [-0.2, 0) is 14.1 Å². The van der Waals surface area contributed by atoms with Crippen molar-refractivity contribution in [2.45, 2.75) is 19.4 Å². The SMILES string of the molecule is CCOC(=O)[C@H](CCSC)NP1(=O)Oc2ccccc2O1. The van der Waals surface area contributed by atoms with Crippen molar-refractivity contribution in [1.29, 1.82) is 0 Å². The van der Waals surface area contributed by atoms with Gasteiger partial charge in [-0.25, -0.2) is 4.57 Å². The summed E-state index contributed by atoms with van der Waals surface area (Å²) in [4.78, 5) is 11.9. The van der Waals surface area contributed by atoms with Gasteiger partial charge in [-0.1, -0.05) is 12.1 Å². The lowest BCUT2D eigenvalue weighted by Gasteiger charge is -2.19. The molecule has 0 amide bonds. The first-order valence-corrected chi connectivity index (χ1v) is 9.53. The summed E-state index contributed by atoms with van der Waals surface area (Å²) < 4.78 is 28.3. The number of fused-ring (bicyclic) bond motifs is 1. The van der Waals surface area contributed by atoms with Crippen LogP contribution in [0, 0.1) is 0 Å². The molecule has 0 spiro atoms. The van der Waals surface area contributed by atoms with Crippen LogP contribution in [0.3, 0.4) is 0 Å². The van der Waals surface area contributed by atoms with Gasteiger partial charge in [-0.05, 0) is 37.5 Å². The molecule has 1 aromatic rings. The highest BCUT2D eigenvalue weighted by atomic mass is 32.2. The summed E-state index contributed by atoms with van der Waals surface area (Å²) in [6.45, 7) is 1.99. The first-order chi connectivity index (χ1) is 10.1. The summed E-state index contributed by atoms with van der Waals surface area (Å²) >= 11 is 1.59. The number of esters is 1. The lowest BCUT2D eigenvalue weighted by Crippen LogP contribution is -2.38. The summed E-state index contributed by atoms with van der Waals surface area (Å²) in [7, 11) is -3.59. The Hall–Kier alpha value is -1.17. The van der Waals surface area contributed by atoms with Gasteiger partial charge in [0.25, 0.3) is 0 Å². The first kappa shape index (κ1) is 16.2. The van der Waals surface area contributed by atoms with Crippen LogP contribution in [0.25, 0.3) is 0 Å². The summed E-state index contributed by atoms with van der Waals surface area (Å²) in [5, 5.41) is 2.68. The molecule has 0 bridgehead atoms. The number of thioether (sulfide) groups is 1. The van der Waals surface area contributed by atoms with Crippen molar-refractivity contribution in [3.05, 3.63) is 24.3 Å². The Bertz CT molecular complexity index is 524. The normalized spacial score (nSPS) is 16.5. The van der Waals surface area contributed by atoms with Crippen LogP contribution in [-0.4, -0.2) is 30.6 Å². The van der Waals surface area contributed by atoms with Gasteiger partial charge in [0, 0.05) is 0 Å². The molecule has 0 saturated carbocycles. The molecule has 21 heavy (non-hydrogen) atoms. The summed E-state index contributed by atoms with van der Waals surface area (Å²) in [5.41, 5.74) is 0. The molecule has 0 aromatic heterocycles. The van der Waals surface area contributed by atoms with E-state index in [0.29, 0.717) is 17.9 Å². The van der Waals surface area contributed by atoms with Crippen molar-refractivity contribution in [2.24, 2.45) is 0 Å². The van der Waals surface area contributed by atoms with Gasteiger partial charge in [0.1, 0.15) is 6.04 Å². The van der Waals surface area contributed by atoms with Gasteiger partial charge in [-0.15, -0.1) is 0 Å². The Labute approximate surface area is 128 Å². The molecule has 1 aliphatic rings. The quantitative estimate of drug-likeness (QED) is 0.608. The van der Waals surface area contributed by atoms with E-state index in [4.69, 9.17) is 13.8 Å². The number of carbonyl (C=O) groups is 1. The van der Waals surface area contributed by atoms with Crippen LogP contribution in [0.15, 0.2) is 24.3 Å². The highest BCUT2D eigenvalue weighted by molar-refractivity contribution is 7.98. The van der Waals surface area contributed by atoms with E-state index in [2.05, 4.69) is 5.09 Å². The van der Waals surface area contributed by atoms with Crippen molar-refractivity contribution < 1.29 is 23.1 Å². The monoisotopic (exact) mass is 331 g/mol. The van der Waals surface area contributed by atoms with Crippen LogP contribution in [0.5, 0.6) is 11.5 Å². The minimum absolute atomic E-state index is 0.266. The van der Waals surface area contributed by atoms with E-state index in [1.165, 1.54) is 0 Å². The number of nitrogens with one attached hydrogen (secondary N) is 1. The summed E-state index contributed by atoms with van der Waals surface area (Å²) in [5.74, 6) is 1.08. The molecule has 8 heteroatoms. The third-order valence-electron chi connectivity index (χ3n) is 2.78. The van der Waals surface area contributed by atoms with Gasteiger partial charge in [0.15, 0.2) is 11.5 Å². The van der Waals surface area contributed by atoms with Crippen LogP contribution < -0.4 is 14.1 Å². The van der Waals surface area contributed by atoms with Gasteiger partial charge in [-0.3, -0.25) is 4.79 Å². The third-order valence-corrected chi connectivity index (χ3v) is 4.93. The smallest absolute Gasteiger partial charge is 0.465 e. The maximum absolute atomic E-state index is 12.6. The number of hydrogen-bond acceptors (Lipinski definition) is 6. The zero-order valence-electron chi connectivity index (χ0n) is 11.9. The maximum atomic E-state index is 12.6. The fraction of sp³-hybridized carbons (Fsp3) is 0.462. The lowest BCUT2D eigenvalue weighted by atomic mass is 10.2. The van der Waals surface area contributed by atoms with Crippen LogP contribution in [0.2, 0.25) is 0 Å². The molecule has 0 radical (unpaired) electrons. The Balaban J connectivity index is 2.06. The molecule has 0 fully saturated rings. The average molecular weight is 331 g/mol. The summed E-state index contributed by atoms with van der Waals surface area (Å²) in [6, 6.07) is 6.12. The van der Waals surface area contributed by atoms with Crippen molar-refractivity contribution in [3.63, 3.8) is 0 Å². The minimum atomic E-state index is -3.59. The number of benzene rings is 1. The fourth-order valence-electron chi connectivity index (χ4n) is 1.84. The second-order valence-corrected chi connectivity index (χ2v) is 6.95. The molecule has 1 aromatic carbocycles. The molecular weight excluding hydrogens is 313 g/mol. The van der Waals surface area contributed by atoms with E-state index in [1.807, 2.05) is 6.26 Å². The molecule has 0 saturated heterocycles. The Morgan fingerprint density at radius 2 is 2.00 bits per heavy atom. The van der Waals surface area contributed by atoms with Gasteiger partial charge in [-0.2, -0.15) is 16.8 Å². The van der Waals surface area contributed by atoms with E-state index in [-0.39, 0.29) is 6.61 Å². The Morgan fingerprint density at radius 3 is 2.52 bits per heavy atom. The molecule has 6 nitrogen and oxygen atoms in total. The predicted molar refractivity (Wildman–Crippen MR) is 81.9 cm³/mol. The van der Waals surface area contributed by atoms with Gasteiger partial charge in [0.2, 0.25) is 0 Å². The van der Waals surface area contributed by atoms with Gasteiger partial charge < -0.3 is 13.8 Å². The van der Waals surface area contributed by atoms with E-state index in [1.54, 1.807) is 43.0 Å². The van der Waals surface area contributed by atoms with Crippen molar-refractivity contribution >= 4 is 25.5 Å². The third kappa shape index (κ3) is 4.15. The Kier molecular flexibility index (Phi) is 5.56. The van der Waals surface area contributed by atoms with Gasteiger partial charge >= 0.3 is 13.7 Å². The summed E-state index contributed by atoms with van der Waals surface area (Å²) in [6.07, 6.45) is 2.41. The number of rotatable bonds is 7. The first-order valence-electron chi connectivity index (χ1n) is 6.59. The second kappa shape index (κ2) is 7.20. The molecule has 0 unspecified atom stereocenters. The molecule has 1 atom stereocenters. The van der Waals surface area contributed by atoms with E-state index in [0.717, 1.165) is 5.75 Å². The standard InChI is InChI=1S/C13H18NO5PS/c1-3-17-13(15)10(8-9-21-2)14-20(16)18-11-6-4-5-7-12(11)19-20/h4-7,10H,3,8-9H2,1-2H3,(H,14,16)/t10-/m0/s1. The lowest BCUT2D eigenvalue weighted by molar-refractivity contribution is -0.145. The molecule has 116 valence electrons. The van der Waals surface area contributed by atoms with E-state index < -0.39 is 19.8 Å². The van der Waals surface area contributed by atoms with E-state index in [9.17, 15) is 9.36 Å². The predicted octanol–water partition coefficient (Wildman–Crippen LogP) is 2.84. The number of para-hydroxylation sites is 2. The topological polar surface area (TPSA) is 73.9 Å². The zero-order valence-corrected chi connectivity index (χ0v) is 13.6.